The van der Waals surface area contributed by atoms with Crippen LogP contribution in [0.1, 0.15) is 98.8 Å². The van der Waals surface area contributed by atoms with Crippen molar-refractivity contribution in [3.05, 3.63) is 0 Å². The van der Waals surface area contributed by atoms with Crippen LogP contribution in [0.15, 0.2) is 0 Å². The van der Waals surface area contributed by atoms with Crippen molar-refractivity contribution in [3.63, 3.8) is 0 Å². The van der Waals surface area contributed by atoms with Crippen molar-refractivity contribution < 1.29 is 0 Å². The second kappa shape index (κ2) is 12.1. The molecule has 0 heterocycles. The lowest BCUT2D eigenvalue weighted by Gasteiger charge is -2.34. The molecule has 0 saturated carbocycles. The molecule has 0 amide bonds. The molecule has 0 aromatic carbocycles. The van der Waals surface area contributed by atoms with Gasteiger partial charge in [-0.3, -0.25) is 0 Å². The largest absolute Gasteiger partial charge is 0.0654 e. The molecule has 0 fully saturated rings. The highest BCUT2D eigenvalue weighted by molar-refractivity contribution is 4.77. The third-order valence-corrected chi connectivity index (χ3v) is 4.47. The molecule has 110 valence electrons. The van der Waals surface area contributed by atoms with Crippen LogP contribution in [0.4, 0.5) is 0 Å². The van der Waals surface area contributed by atoms with E-state index in [9.17, 15) is 0 Å². The van der Waals surface area contributed by atoms with Crippen molar-refractivity contribution in [3.8, 4) is 0 Å². The molecule has 0 nitrogen and oxygen atoms in total. The first-order chi connectivity index (χ1) is 8.74. The summed E-state index contributed by atoms with van der Waals surface area (Å²) in [6.45, 7) is 11.8. The Kier molecular flexibility index (Phi) is 12.1. The lowest BCUT2D eigenvalue weighted by atomic mass is 9.72. The molecule has 0 spiro atoms. The van der Waals surface area contributed by atoms with Gasteiger partial charge < -0.3 is 0 Å². The highest BCUT2D eigenvalue weighted by Crippen LogP contribution is 2.37. The van der Waals surface area contributed by atoms with E-state index in [0.717, 1.165) is 17.8 Å². The highest BCUT2D eigenvalue weighted by atomic mass is 14.3. The lowest BCUT2D eigenvalue weighted by Crippen LogP contribution is -2.24. The molecular weight excluding hydrogens is 216 g/mol. The van der Waals surface area contributed by atoms with E-state index in [4.69, 9.17) is 0 Å². The van der Waals surface area contributed by atoms with Crippen molar-refractivity contribution in [2.45, 2.75) is 98.8 Å². The Hall–Kier alpha value is 0. The SMILES string of the molecule is CCCC(CCC)C(CCC)C(CCC)CCC. The Balaban J connectivity index is 4.69. The van der Waals surface area contributed by atoms with Crippen LogP contribution in [0.5, 0.6) is 0 Å². The summed E-state index contributed by atoms with van der Waals surface area (Å²) >= 11 is 0. The van der Waals surface area contributed by atoms with Gasteiger partial charge in [0.1, 0.15) is 0 Å². The minimum absolute atomic E-state index is 1.00. The summed E-state index contributed by atoms with van der Waals surface area (Å²) < 4.78 is 0. The zero-order valence-electron chi connectivity index (χ0n) is 13.8. The molecule has 0 atom stereocenters. The molecular formula is C18H38. The van der Waals surface area contributed by atoms with E-state index in [1.54, 1.807) is 0 Å². The zero-order chi connectivity index (χ0) is 13.8. The van der Waals surface area contributed by atoms with Crippen LogP contribution in [-0.4, -0.2) is 0 Å². The lowest BCUT2D eigenvalue weighted by molar-refractivity contribution is 0.167. The second-order valence-electron chi connectivity index (χ2n) is 6.13. The molecule has 0 N–H and O–H groups in total. The molecule has 0 radical (unpaired) electrons. The summed E-state index contributed by atoms with van der Waals surface area (Å²) in [5.41, 5.74) is 0. The maximum atomic E-state index is 2.37. The van der Waals surface area contributed by atoms with Gasteiger partial charge in [-0.1, -0.05) is 98.8 Å². The van der Waals surface area contributed by atoms with Gasteiger partial charge in [-0.05, 0) is 17.8 Å². The van der Waals surface area contributed by atoms with E-state index in [1.165, 1.54) is 64.2 Å². The van der Waals surface area contributed by atoms with E-state index in [-0.39, 0.29) is 0 Å². The molecule has 0 unspecified atom stereocenters. The molecule has 0 heteroatoms. The molecule has 0 rings (SSSR count). The van der Waals surface area contributed by atoms with E-state index in [2.05, 4.69) is 34.6 Å². The monoisotopic (exact) mass is 254 g/mol. The van der Waals surface area contributed by atoms with Crippen molar-refractivity contribution in [1.82, 2.24) is 0 Å². The van der Waals surface area contributed by atoms with Gasteiger partial charge in [0.25, 0.3) is 0 Å². The third-order valence-electron chi connectivity index (χ3n) is 4.47. The molecule has 0 saturated heterocycles. The third kappa shape index (κ3) is 6.81. The summed E-state index contributed by atoms with van der Waals surface area (Å²) in [5.74, 6) is 3.01. The van der Waals surface area contributed by atoms with Gasteiger partial charge in [0, 0.05) is 0 Å². The molecule has 0 aliphatic carbocycles. The van der Waals surface area contributed by atoms with Gasteiger partial charge in [0.2, 0.25) is 0 Å². The summed E-state index contributed by atoms with van der Waals surface area (Å²) in [6, 6.07) is 0. The predicted molar refractivity (Wildman–Crippen MR) is 85.0 cm³/mol. The van der Waals surface area contributed by atoms with Crippen LogP contribution in [0, 0.1) is 17.8 Å². The minimum atomic E-state index is 1.00. The quantitative estimate of drug-likeness (QED) is 0.358. The normalized spacial score (nSPS) is 12.0. The fourth-order valence-corrected chi connectivity index (χ4v) is 3.82. The van der Waals surface area contributed by atoms with Gasteiger partial charge in [0.05, 0.1) is 0 Å². The van der Waals surface area contributed by atoms with E-state index >= 15 is 0 Å². The summed E-state index contributed by atoms with van der Waals surface area (Å²) in [4.78, 5) is 0. The van der Waals surface area contributed by atoms with Gasteiger partial charge in [-0.2, -0.15) is 0 Å². The maximum absolute atomic E-state index is 2.37. The van der Waals surface area contributed by atoms with Crippen molar-refractivity contribution in [2.24, 2.45) is 17.8 Å². The van der Waals surface area contributed by atoms with Crippen LogP contribution >= 0.6 is 0 Å². The predicted octanol–water partition coefficient (Wildman–Crippen LogP) is 6.84. The Morgan fingerprint density at radius 2 is 0.722 bits per heavy atom. The second-order valence-corrected chi connectivity index (χ2v) is 6.13. The van der Waals surface area contributed by atoms with Gasteiger partial charge >= 0.3 is 0 Å². The van der Waals surface area contributed by atoms with E-state index in [0.29, 0.717) is 0 Å². The Morgan fingerprint density at radius 1 is 0.444 bits per heavy atom. The first kappa shape index (κ1) is 18.0. The average molecular weight is 255 g/mol. The molecule has 0 aromatic rings. The average Bonchev–Trinajstić information content (AvgIpc) is 2.36. The summed E-state index contributed by atoms with van der Waals surface area (Å²) in [7, 11) is 0. The van der Waals surface area contributed by atoms with Crippen LogP contribution in [0.25, 0.3) is 0 Å². The molecule has 0 bridgehead atoms. The topological polar surface area (TPSA) is 0 Å². The highest BCUT2D eigenvalue weighted by Gasteiger charge is 2.26. The van der Waals surface area contributed by atoms with Crippen LogP contribution in [-0.2, 0) is 0 Å². The number of rotatable bonds is 12. The Bertz CT molecular complexity index is 133. The summed E-state index contributed by atoms with van der Waals surface area (Å²) in [5, 5.41) is 0. The fraction of sp³-hybridized carbons (Fsp3) is 1.00. The first-order valence-electron chi connectivity index (χ1n) is 8.74. The van der Waals surface area contributed by atoms with Gasteiger partial charge in [-0.25, -0.2) is 0 Å². The number of hydrogen-bond acceptors (Lipinski definition) is 0. The Labute approximate surface area is 117 Å². The molecule has 18 heavy (non-hydrogen) atoms. The Morgan fingerprint density at radius 3 is 0.944 bits per heavy atom. The van der Waals surface area contributed by atoms with Crippen LogP contribution < -0.4 is 0 Å². The maximum Gasteiger partial charge on any atom is -0.0358 e. The molecule has 0 aliphatic heterocycles. The van der Waals surface area contributed by atoms with Gasteiger partial charge in [-0.15, -0.1) is 0 Å². The first-order valence-corrected chi connectivity index (χ1v) is 8.74. The van der Waals surface area contributed by atoms with E-state index < -0.39 is 0 Å². The minimum Gasteiger partial charge on any atom is -0.0654 e. The zero-order valence-corrected chi connectivity index (χ0v) is 13.8. The standard InChI is InChI=1S/C18H38/c1-6-11-16(12-7-2)18(15-10-5)17(13-8-3)14-9-4/h16-18H,6-15H2,1-5H3. The van der Waals surface area contributed by atoms with Crippen LogP contribution in [0.2, 0.25) is 0 Å². The smallest absolute Gasteiger partial charge is 0.0358 e. The molecule has 0 aromatic heterocycles. The number of hydrogen-bond donors (Lipinski definition) is 0. The van der Waals surface area contributed by atoms with Crippen LogP contribution in [0.3, 0.4) is 0 Å². The van der Waals surface area contributed by atoms with E-state index in [1.807, 2.05) is 0 Å². The molecule has 0 aliphatic rings. The van der Waals surface area contributed by atoms with Crippen molar-refractivity contribution in [1.29, 1.82) is 0 Å². The summed E-state index contributed by atoms with van der Waals surface area (Å²) in [6.07, 6.45) is 14.2. The van der Waals surface area contributed by atoms with Crippen molar-refractivity contribution in [2.75, 3.05) is 0 Å². The van der Waals surface area contributed by atoms with Gasteiger partial charge in [0.15, 0.2) is 0 Å². The fourth-order valence-electron chi connectivity index (χ4n) is 3.82. The van der Waals surface area contributed by atoms with Crippen molar-refractivity contribution >= 4 is 0 Å².